The van der Waals surface area contributed by atoms with Gasteiger partial charge in [0.1, 0.15) is 5.60 Å². The molecule has 5 nitrogen and oxygen atoms in total. The monoisotopic (exact) mass is 265 g/mol. The van der Waals surface area contributed by atoms with Crippen LogP contribution >= 0.6 is 0 Å². The van der Waals surface area contributed by atoms with Crippen molar-refractivity contribution >= 4 is 11.8 Å². The Hall–Kier alpha value is -1.91. The first-order valence-electron chi connectivity index (χ1n) is 6.23. The second kappa shape index (κ2) is 4.64. The molecule has 1 amide bonds. The molecule has 0 fully saturated rings. The van der Waals surface area contributed by atoms with Gasteiger partial charge in [0.15, 0.2) is 11.5 Å². The molecule has 19 heavy (non-hydrogen) atoms. The third kappa shape index (κ3) is 2.59. The number of benzene rings is 1. The summed E-state index contributed by atoms with van der Waals surface area (Å²) in [5.74, 6) is 0.524. The molecule has 0 aromatic heterocycles. The van der Waals surface area contributed by atoms with Crippen LogP contribution in [0.25, 0.3) is 0 Å². The molecule has 104 valence electrons. The Labute approximate surface area is 112 Å². The number of carbonyl (C=O) groups is 1. The number of rotatable bonds is 1. The Kier molecular flexibility index (Phi) is 3.30. The Morgan fingerprint density at radius 3 is 2.63 bits per heavy atom. The Morgan fingerprint density at radius 1 is 1.37 bits per heavy atom. The molecule has 0 aliphatic carbocycles. The van der Waals surface area contributed by atoms with Crippen LogP contribution in [0.1, 0.15) is 26.3 Å². The van der Waals surface area contributed by atoms with E-state index in [0.29, 0.717) is 18.7 Å². The number of hydrogen-bond donors (Lipinski definition) is 1. The van der Waals surface area contributed by atoms with E-state index in [1.54, 1.807) is 11.0 Å². The molecule has 0 saturated carbocycles. The van der Waals surface area contributed by atoms with E-state index in [-0.39, 0.29) is 11.8 Å². The van der Waals surface area contributed by atoms with Gasteiger partial charge in [0.2, 0.25) is 0 Å². The molecule has 1 aliphatic rings. The number of methoxy groups -OCH3 is 1. The summed E-state index contributed by atoms with van der Waals surface area (Å²) in [6, 6.07) is 3.24. The van der Waals surface area contributed by atoms with Crippen molar-refractivity contribution < 1.29 is 19.4 Å². The molecule has 1 N–H and O–H groups in total. The first-order chi connectivity index (χ1) is 8.83. The average molecular weight is 265 g/mol. The van der Waals surface area contributed by atoms with Crippen LogP contribution in [-0.2, 0) is 11.2 Å². The molecule has 1 aromatic rings. The summed E-state index contributed by atoms with van der Waals surface area (Å²) in [6.07, 6.45) is 0.269. The van der Waals surface area contributed by atoms with E-state index in [1.807, 2.05) is 20.8 Å². The Bertz CT molecular complexity index is 505. The lowest BCUT2D eigenvalue weighted by molar-refractivity contribution is 0.0584. The van der Waals surface area contributed by atoms with Crippen LogP contribution in [0.2, 0.25) is 0 Å². The molecule has 0 unspecified atom stereocenters. The fraction of sp³-hybridized carbons (Fsp3) is 0.500. The average Bonchev–Trinajstić information content (AvgIpc) is 2.70. The van der Waals surface area contributed by atoms with Crippen molar-refractivity contribution in [1.82, 2.24) is 0 Å². The fourth-order valence-electron chi connectivity index (χ4n) is 2.18. The molecular weight excluding hydrogens is 246 g/mol. The number of hydrogen-bond acceptors (Lipinski definition) is 4. The van der Waals surface area contributed by atoms with Crippen molar-refractivity contribution in [1.29, 1.82) is 0 Å². The van der Waals surface area contributed by atoms with Crippen molar-refractivity contribution in [2.75, 3.05) is 18.6 Å². The second-order valence-corrected chi connectivity index (χ2v) is 5.50. The van der Waals surface area contributed by atoms with E-state index in [9.17, 15) is 9.90 Å². The van der Waals surface area contributed by atoms with Gasteiger partial charge in [-0.1, -0.05) is 0 Å². The number of phenolic OH excluding ortho intramolecular Hbond substituents is 1. The summed E-state index contributed by atoms with van der Waals surface area (Å²) in [6.45, 7) is 6.03. The molecule has 2 rings (SSSR count). The lowest BCUT2D eigenvalue weighted by Gasteiger charge is -2.24. The summed E-state index contributed by atoms with van der Waals surface area (Å²) in [5, 5.41) is 9.73. The minimum Gasteiger partial charge on any atom is -0.504 e. The van der Waals surface area contributed by atoms with Gasteiger partial charge in [0, 0.05) is 12.1 Å². The number of amides is 1. The molecule has 0 bridgehead atoms. The van der Waals surface area contributed by atoms with E-state index in [4.69, 9.17) is 9.47 Å². The molecule has 0 saturated heterocycles. The lowest BCUT2D eigenvalue weighted by Crippen LogP contribution is -2.35. The third-order valence-corrected chi connectivity index (χ3v) is 2.91. The number of nitrogens with zero attached hydrogens (tertiary/aromatic N) is 1. The third-order valence-electron chi connectivity index (χ3n) is 2.91. The molecule has 0 spiro atoms. The molecular formula is C14H19NO4. The Balaban J connectivity index is 2.30. The highest BCUT2D eigenvalue weighted by atomic mass is 16.6. The highest BCUT2D eigenvalue weighted by Crippen LogP contribution is 2.41. The van der Waals surface area contributed by atoms with Crippen LogP contribution in [0, 0.1) is 0 Å². The van der Waals surface area contributed by atoms with E-state index in [2.05, 4.69) is 0 Å². The lowest BCUT2D eigenvalue weighted by atomic mass is 10.1. The van der Waals surface area contributed by atoms with E-state index in [0.717, 1.165) is 11.3 Å². The molecule has 1 aromatic carbocycles. The standard InChI is InChI=1S/C14H19NO4/c1-14(2,3)19-13(17)15-8-7-9-10(15)5-6-11(16)12(9)18-4/h5-6,16H,7-8H2,1-4H3. The molecule has 0 atom stereocenters. The predicted molar refractivity (Wildman–Crippen MR) is 71.9 cm³/mol. The SMILES string of the molecule is COc1c(O)ccc2c1CCN2C(=O)OC(C)(C)C. The van der Waals surface area contributed by atoms with Gasteiger partial charge in [0.25, 0.3) is 0 Å². The van der Waals surface area contributed by atoms with Gasteiger partial charge in [-0.2, -0.15) is 0 Å². The van der Waals surface area contributed by atoms with E-state index >= 15 is 0 Å². The topological polar surface area (TPSA) is 59.0 Å². The van der Waals surface area contributed by atoms with E-state index in [1.165, 1.54) is 13.2 Å². The van der Waals surface area contributed by atoms with Crippen molar-refractivity contribution in [2.45, 2.75) is 32.8 Å². The summed E-state index contributed by atoms with van der Waals surface area (Å²) < 4.78 is 10.6. The zero-order chi connectivity index (χ0) is 14.2. The summed E-state index contributed by atoms with van der Waals surface area (Å²) in [5.41, 5.74) is 1.05. The highest BCUT2D eigenvalue weighted by molar-refractivity contribution is 5.91. The molecule has 1 heterocycles. The van der Waals surface area contributed by atoms with Crippen molar-refractivity contribution in [2.24, 2.45) is 0 Å². The smallest absolute Gasteiger partial charge is 0.414 e. The number of carbonyl (C=O) groups excluding carboxylic acids is 1. The van der Waals surface area contributed by atoms with Crippen molar-refractivity contribution in [3.63, 3.8) is 0 Å². The van der Waals surface area contributed by atoms with Gasteiger partial charge in [-0.25, -0.2) is 4.79 Å². The van der Waals surface area contributed by atoms with Crippen molar-refractivity contribution in [3.8, 4) is 11.5 Å². The maximum atomic E-state index is 12.1. The number of fused-ring (bicyclic) bond motifs is 1. The van der Waals surface area contributed by atoms with Gasteiger partial charge < -0.3 is 14.6 Å². The van der Waals surface area contributed by atoms with Crippen LogP contribution in [0.15, 0.2) is 12.1 Å². The quantitative estimate of drug-likeness (QED) is 0.848. The van der Waals surface area contributed by atoms with Crippen LogP contribution in [0.5, 0.6) is 11.5 Å². The van der Waals surface area contributed by atoms with Crippen LogP contribution in [-0.4, -0.2) is 30.5 Å². The summed E-state index contributed by atoms with van der Waals surface area (Å²) >= 11 is 0. The number of phenols is 1. The minimum absolute atomic E-state index is 0.0901. The van der Waals surface area contributed by atoms with E-state index < -0.39 is 5.60 Å². The zero-order valence-electron chi connectivity index (χ0n) is 11.7. The second-order valence-electron chi connectivity index (χ2n) is 5.50. The minimum atomic E-state index is -0.527. The van der Waals surface area contributed by atoms with Crippen molar-refractivity contribution in [3.05, 3.63) is 17.7 Å². The first kappa shape index (κ1) is 13.5. The number of aromatic hydroxyl groups is 1. The number of anilines is 1. The number of ether oxygens (including phenoxy) is 2. The van der Waals surface area contributed by atoms with Gasteiger partial charge >= 0.3 is 6.09 Å². The van der Waals surface area contributed by atoms with Crippen LogP contribution in [0.3, 0.4) is 0 Å². The van der Waals surface area contributed by atoms with Gasteiger partial charge in [-0.05, 0) is 39.3 Å². The highest BCUT2D eigenvalue weighted by Gasteiger charge is 2.31. The Morgan fingerprint density at radius 2 is 2.05 bits per heavy atom. The van der Waals surface area contributed by atoms with Crippen LogP contribution < -0.4 is 9.64 Å². The molecule has 5 heteroatoms. The predicted octanol–water partition coefficient (Wildman–Crippen LogP) is 2.70. The molecule has 0 radical (unpaired) electrons. The maximum Gasteiger partial charge on any atom is 0.414 e. The van der Waals surface area contributed by atoms with Crippen LogP contribution in [0.4, 0.5) is 10.5 Å². The van der Waals surface area contributed by atoms with Gasteiger partial charge in [-0.3, -0.25) is 4.90 Å². The largest absolute Gasteiger partial charge is 0.504 e. The summed E-state index contributed by atoms with van der Waals surface area (Å²) in [4.78, 5) is 13.7. The summed E-state index contributed by atoms with van der Waals surface area (Å²) in [7, 11) is 1.51. The first-order valence-corrected chi connectivity index (χ1v) is 6.23. The normalized spacial score (nSPS) is 14.2. The fourth-order valence-corrected chi connectivity index (χ4v) is 2.18. The van der Waals surface area contributed by atoms with Gasteiger partial charge in [-0.15, -0.1) is 0 Å². The van der Waals surface area contributed by atoms with Gasteiger partial charge in [0.05, 0.1) is 12.8 Å². The zero-order valence-corrected chi connectivity index (χ0v) is 11.7. The maximum absolute atomic E-state index is 12.1. The molecule has 1 aliphatic heterocycles.